The van der Waals surface area contributed by atoms with Crippen LogP contribution in [0.5, 0.6) is 0 Å². The Morgan fingerprint density at radius 1 is 0.429 bits per heavy atom. The van der Waals surface area contributed by atoms with E-state index in [-0.39, 0.29) is 0 Å². The molecule has 3 aromatic carbocycles. The first kappa shape index (κ1) is 22.5. The fourth-order valence-electron chi connectivity index (χ4n) is 3.15. The zero-order chi connectivity index (χ0) is 19.8. The fourth-order valence-corrected chi connectivity index (χ4v) is 4.23. The van der Waals surface area contributed by atoms with Crippen LogP contribution in [-0.4, -0.2) is 24.5 Å². The van der Waals surface area contributed by atoms with Crippen molar-refractivity contribution in [2.45, 2.75) is 19.3 Å². The van der Waals surface area contributed by atoms with E-state index in [0.717, 1.165) is 38.9 Å². The van der Waals surface area contributed by atoms with Gasteiger partial charge in [0.15, 0.2) is 0 Å². The van der Waals surface area contributed by atoms with E-state index >= 15 is 0 Å². The Bertz CT molecular complexity index is 725. The molecule has 3 rings (SSSR count). The van der Waals surface area contributed by atoms with Crippen LogP contribution >= 0.6 is 67.8 Å². The molecule has 0 atom stereocenters. The van der Waals surface area contributed by atoms with Crippen LogP contribution in [0.3, 0.4) is 0 Å². The SMILES string of the molecule is Ic1ccc(CCN(CCc2ccc(I)cc2)CCc2ccc(I)cc2)cc1. The highest BCUT2D eigenvalue weighted by Gasteiger charge is 2.07. The lowest BCUT2D eigenvalue weighted by molar-refractivity contribution is 0.284. The smallest absolute Gasteiger partial charge is 0.0130 e. The molecule has 4 heteroatoms. The predicted octanol–water partition coefficient (Wildman–Crippen LogP) is 6.83. The van der Waals surface area contributed by atoms with Crippen molar-refractivity contribution in [2.24, 2.45) is 0 Å². The second-order valence-corrected chi connectivity index (χ2v) is 10.7. The Kier molecular flexibility index (Phi) is 9.53. The monoisotopic (exact) mass is 707 g/mol. The quantitative estimate of drug-likeness (QED) is 0.221. The van der Waals surface area contributed by atoms with Crippen molar-refractivity contribution in [3.05, 3.63) is 100 Å². The van der Waals surface area contributed by atoms with Gasteiger partial charge in [-0.2, -0.15) is 0 Å². The summed E-state index contributed by atoms with van der Waals surface area (Å²) in [5.41, 5.74) is 4.27. The minimum Gasteiger partial charge on any atom is -0.302 e. The number of rotatable bonds is 9. The van der Waals surface area contributed by atoms with Crippen LogP contribution in [0.25, 0.3) is 0 Å². The van der Waals surface area contributed by atoms with Gasteiger partial charge in [-0.1, -0.05) is 36.4 Å². The summed E-state index contributed by atoms with van der Waals surface area (Å²) in [5, 5.41) is 0. The molecule has 146 valence electrons. The van der Waals surface area contributed by atoms with Gasteiger partial charge in [0.05, 0.1) is 0 Å². The van der Waals surface area contributed by atoms with Crippen LogP contribution in [0, 0.1) is 10.7 Å². The summed E-state index contributed by atoms with van der Waals surface area (Å²) in [6.45, 7) is 3.32. The maximum atomic E-state index is 2.62. The van der Waals surface area contributed by atoms with E-state index < -0.39 is 0 Å². The van der Waals surface area contributed by atoms with Crippen molar-refractivity contribution in [2.75, 3.05) is 19.6 Å². The summed E-state index contributed by atoms with van der Waals surface area (Å²) in [6, 6.07) is 26.8. The molecule has 0 aliphatic rings. The van der Waals surface area contributed by atoms with Crippen LogP contribution in [0.2, 0.25) is 0 Å². The average molecular weight is 707 g/mol. The normalized spacial score (nSPS) is 11.1. The first-order valence-corrected chi connectivity index (χ1v) is 12.8. The molecule has 0 saturated heterocycles. The van der Waals surface area contributed by atoms with Gasteiger partial charge in [-0.05, 0) is 140 Å². The zero-order valence-electron chi connectivity index (χ0n) is 15.8. The van der Waals surface area contributed by atoms with E-state index in [1.807, 2.05) is 0 Å². The van der Waals surface area contributed by atoms with E-state index in [0.29, 0.717) is 0 Å². The average Bonchev–Trinajstić information content (AvgIpc) is 2.71. The van der Waals surface area contributed by atoms with Gasteiger partial charge >= 0.3 is 0 Å². The van der Waals surface area contributed by atoms with Crippen LogP contribution in [0.1, 0.15) is 16.7 Å². The van der Waals surface area contributed by atoms with Crippen LogP contribution in [0.4, 0.5) is 0 Å². The Morgan fingerprint density at radius 2 is 0.679 bits per heavy atom. The molecular formula is C24H24I3N. The van der Waals surface area contributed by atoms with Gasteiger partial charge in [0.1, 0.15) is 0 Å². The third-order valence-corrected chi connectivity index (χ3v) is 7.05. The zero-order valence-corrected chi connectivity index (χ0v) is 22.2. The van der Waals surface area contributed by atoms with E-state index in [9.17, 15) is 0 Å². The van der Waals surface area contributed by atoms with E-state index in [2.05, 4.69) is 145 Å². The summed E-state index contributed by atoms with van der Waals surface area (Å²) >= 11 is 7.11. The molecule has 1 nitrogen and oxygen atoms in total. The van der Waals surface area contributed by atoms with Crippen LogP contribution in [-0.2, 0) is 19.3 Å². The first-order chi connectivity index (χ1) is 13.6. The Hall–Kier alpha value is -0.190. The molecule has 0 heterocycles. The van der Waals surface area contributed by atoms with E-state index in [1.165, 1.54) is 27.4 Å². The highest BCUT2D eigenvalue weighted by Crippen LogP contribution is 2.12. The fraction of sp³-hybridized carbons (Fsp3) is 0.250. The predicted molar refractivity (Wildman–Crippen MR) is 145 cm³/mol. The number of hydrogen-bond donors (Lipinski definition) is 0. The van der Waals surface area contributed by atoms with Crippen LogP contribution < -0.4 is 0 Å². The lowest BCUT2D eigenvalue weighted by Gasteiger charge is -2.23. The standard InChI is InChI=1S/C24H24I3N/c25-22-7-1-19(2-8-22)13-16-28(17-14-20-3-9-23(26)10-4-20)18-15-21-5-11-24(27)12-6-21/h1-12H,13-18H2. The molecule has 0 aliphatic heterocycles. The molecule has 0 aliphatic carbocycles. The Balaban J connectivity index is 1.58. The Labute approximate surface area is 209 Å². The number of nitrogens with zero attached hydrogens (tertiary/aromatic N) is 1. The topological polar surface area (TPSA) is 3.24 Å². The van der Waals surface area contributed by atoms with Crippen molar-refractivity contribution in [3.63, 3.8) is 0 Å². The summed E-state index contributed by atoms with van der Waals surface area (Å²) in [4.78, 5) is 2.62. The molecule has 0 saturated carbocycles. The van der Waals surface area contributed by atoms with E-state index in [1.54, 1.807) is 0 Å². The number of benzene rings is 3. The molecular weight excluding hydrogens is 683 g/mol. The highest BCUT2D eigenvalue weighted by molar-refractivity contribution is 14.1. The molecule has 0 radical (unpaired) electrons. The number of halogens is 3. The molecule has 0 N–H and O–H groups in total. The molecule has 0 fully saturated rings. The van der Waals surface area contributed by atoms with Gasteiger partial charge in [0.2, 0.25) is 0 Å². The molecule has 3 aromatic rings. The van der Waals surface area contributed by atoms with Crippen molar-refractivity contribution in [1.29, 1.82) is 0 Å². The number of hydrogen-bond acceptors (Lipinski definition) is 1. The molecule has 0 amide bonds. The minimum absolute atomic E-state index is 1.11. The van der Waals surface area contributed by atoms with Gasteiger partial charge in [-0.3, -0.25) is 0 Å². The van der Waals surface area contributed by atoms with Crippen molar-refractivity contribution in [1.82, 2.24) is 4.90 Å². The van der Waals surface area contributed by atoms with Crippen LogP contribution in [0.15, 0.2) is 72.8 Å². The third kappa shape index (κ3) is 7.91. The molecule has 28 heavy (non-hydrogen) atoms. The summed E-state index contributed by atoms with van der Waals surface area (Å²) < 4.78 is 3.90. The third-order valence-electron chi connectivity index (χ3n) is 4.89. The second-order valence-electron chi connectivity index (χ2n) is 6.97. The minimum atomic E-state index is 1.11. The van der Waals surface area contributed by atoms with Crippen molar-refractivity contribution >= 4 is 67.8 Å². The van der Waals surface area contributed by atoms with Gasteiger partial charge < -0.3 is 4.90 Å². The maximum Gasteiger partial charge on any atom is 0.0130 e. The van der Waals surface area contributed by atoms with Gasteiger partial charge in [0.25, 0.3) is 0 Å². The largest absolute Gasteiger partial charge is 0.302 e. The maximum absolute atomic E-state index is 2.62. The summed E-state index contributed by atoms with van der Waals surface area (Å²) in [7, 11) is 0. The molecule has 0 aromatic heterocycles. The lowest BCUT2D eigenvalue weighted by Crippen LogP contribution is -2.30. The van der Waals surface area contributed by atoms with Crippen molar-refractivity contribution in [3.8, 4) is 0 Å². The highest BCUT2D eigenvalue weighted by atomic mass is 127. The second kappa shape index (κ2) is 11.9. The molecule has 0 unspecified atom stereocenters. The lowest BCUT2D eigenvalue weighted by atomic mass is 10.1. The van der Waals surface area contributed by atoms with Crippen molar-refractivity contribution < 1.29 is 0 Å². The van der Waals surface area contributed by atoms with E-state index in [4.69, 9.17) is 0 Å². The Morgan fingerprint density at radius 3 is 0.929 bits per heavy atom. The summed E-state index contributed by atoms with van der Waals surface area (Å²) in [6.07, 6.45) is 3.32. The molecule has 0 bridgehead atoms. The summed E-state index contributed by atoms with van der Waals surface area (Å²) in [5.74, 6) is 0. The molecule has 0 spiro atoms. The first-order valence-electron chi connectivity index (χ1n) is 9.54. The van der Waals surface area contributed by atoms with Gasteiger partial charge in [0, 0.05) is 30.3 Å². The van der Waals surface area contributed by atoms with Gasteiger partial charge in [-0.15, -0.1) is 0 Å². The van der Waals surface area contributed by atoms with Gasteiger partial charge in [-0.25, -0.2) is 0 Å².